The van der Waals surface area contributed by atoms with Crippen LogP contribution in [0.4, 0.5) is 0 Å². The largest absolute Gasteiger partial charge is 0.364 e. The molecule has 4 heteroatoms. The Bertz CT molecular complexity index is 334. The van der Waals surface area contributed by atoms with E-state index >= 15 is 0 Å². The lowest BCUT2D eigenvalue weighted by Gasteiger charge is -2.29. The molecule has 15 heavy (non-hydrogen) atoms. The summed E-state index contributed by atoms with van der Waals surface area (Å²) >= 11 is 0. The molecule has 2 N–H and O–H groups in total. The van der Waals surface area contributed by atoms with E-state index in [1.54, 1.807) is 6.26 Å². The smallest absolute Gasteiger partial charge is 0.128 e. The quantitative estimate of drug-likeness (QED) is 0.801. The van der Waals surface area contributed by atoms with Gasteiger partial charge in [-0.2, -0.15) is 0 Å². The van der Waals surface area contributed by atoms with Crippen LogP contribution in [0, 0.1) is 6.92 Å². The van der Waals surface area contributed by atoms with Crippen molar-refractivity contribution in [3.63, 3.8) is 0 Å². The van der Waals surface area contributed by atoms with Crippen LogP contribution < -0.4 is 5.73 Å². The first-order valence-electron chi connectivity index (χ1n) is 5.53. The number of nitrogens with zero attached hydrogens (tertiary/aromatic N) is 2. The third-order valence-corrected chi connectivity index (χ3v) is 3.25. The number of likely N-dealkylation sites (tertiary alicyclic amines) is 1. The van der Waals surface area contributed by atoms with Gasteiger partial charge in [0.05, 0.1) is 11.7 Å². The number of nitrogens with two attached hydrogens (primary N) is 1. The Kier molecular flexibility index (Phi) is 2.80. The number of aryl methyl sites for hydroxylation is 1. The van der Waals surface area contributed by atoms with E-state index in [-0.39, 0.29) is 12.1 Å². The molecule has 0 aliphatic carbocycles. The third kappa shape index (κ3) is 1.79. The van der Waals surface area contributed by atoms with Crippen molar-refractivity contribution in [2.75, 3.05) is 6.54 Å². The highest BCUT2D eigenvalue weighted by Crippen LogP contribution is 2.33. The minimum absolute atomic E-state index is 0.200. The van der Waals surface area contributed by atoms with E-state index in [0.717, 1.165) is 24.2 Å². The molecule has 4 nitrogen and oxygen atoms in total. The summed E-state index contributed by atoms with van der Waals surface area (Å²) in [4.78, 5) is 2.42. The summed E-state index contributed by atoms with van der Waals surface area (Å²) in [5.41, 5.74) is 8.26. The Morgan fingerprint density at radius 3 is 2.87 bits per heavy atom. The lowest BCUT2D eigenvalue weighted by molar-refractivity contribution is 0.197. The van der Waals surface area contributed by atoms with Crippen molar-refractivity contribution in [3.8, 4) is 0 Å². The topological polar surface area (TPSA) is 55.3 Å². The molecule has 0 aromatic carbocycles. The van der Waals surface area contributed by atoms with Gasteiger partial charge in [-0.05, 0) is 27.2 Å². The van der Waals surface area contributed by atoms with Crippen LogP contribution in [-0.2, 0) is 0 Å². The molecule has 0 unspecified atom stereocenters. The molecule has 1 saturated heterocycles. The molecule has 2 atom stereocenters. The van der Waals surface area contributed by atoms with Crippen molar-refractivity contribution in [1.82, 2.24) is 10.1 Å². The number of hydrogen-bond donors (Lipinski definition) is 1. The molecule has 0 radical (unpaired) electrons. The lowest BCUT2D eigenvalue weighted by atomic mass is 10.0. The van der Waals surface area contributed by atoms with Crippen LogP contribution in [0.15, 0.2) is 10.8 Å². The van der Waals surface area contributed by atoms with Crippen molar-refractivity contribution in [2.24, 2.45) is 5.73 Å². The van der Waals surface area contributed by atoms with Gasteiger partial charge in [-0.25, -0.2) is 0 Å². The Morgan fingerprint density at radius 1 is 1.60 bits per heavy atom. The van der Waals surface area contributed by atoms with E-state index in [4.69, 9.17) is 10.3 Å². The van der Waals surface area contributed by atoms with Gasteiger partial charge in [0.1, 0.15) is 6.26 Å². The molecule has 2 heterocycles. The molecule has 1 aliphatic rings. The molecule has 1 fully saturated rings. The third-order valence-electron chi connectivity index (χ3n) is 3.25. The molecule has 1 aliphatic heterocycles. The van der Waals surface area contributed by atoms with Crippen LogP contribution in [0.5, 0.6) is 0 Å². The van der Waals surface area contributed by atoms with E-state index < -0.39 is 0 Å². The summed E-state index contributed by atoms with van der Waals surface area (Å²) in [6.07, 6.45) is 2.79. The van der Waals surface area contributed by atoms with E-state index in [9.17, 15) is 0 Å². The van der Waals surface area contributed by atoms with E-state index in [0.29, 0.717) is 6.04 Å². The van der Waals surface area contributed by atoms with Gasteiger partial charge in [0.2, 0.25) is 0 Å². The number of hydrogen-bond acceptors (Lipinski definition) is 4. The van der Waals surface area contributed by atoms with Crippen LogP contribution >= 0.6 is 0 Å². The van der Waals surface area contributed by atoms with Gasteiger partial charge in [-0.3, -0.25) is 4.90 Å². The average Bonchev–Trinajstić information content (AvgIpc) is 2.71. The Labute approximate surface area is 90.4 Å². The lowest BCUT2D eigenvalue weighted by Crippen LogP contribution is -2.36. The maximum absolute atomic E-state index is 6.16. The fraction of sp³-hybridized carbons (Fsp3) is 0.727. The highest BCUT2D eigenvalue weighted by atomic mass is 16.5. The monoisotopic (exact) mass is 209 g/mol. The first-order valence-corrected chi connectivity index (χ1v) is 5.53. The summed E-state index contributed by atoms with van der Waals surface area (Å²) in [7, 11) is 0. The zero-order chi connectivity index (χ0) is 11.0. The van der Waals surface area contributed by atoms with Crippen LogP contribution in [0.25, 0.3) is 0 Å². The zero-order valence-corrected chi connectivity index (χ0v) is 9.60. The molecule has 0 bridgehead atoms. The van der Waals surface area contributed by atoms with E-state index in [1.807, 2.05) is 6.92 Å². The first kappa shape index (κ1) is 10.6. The van der Waals surface area contributed by atoms with Crippen molar-refractivity contribution in [2.45, 2.75) is 45.3 Å². The maximum atomic E-state index is 6.16. The van der Waals surface area contributed by atoms with Crippen LogP contribution in [0.1, 0.15) is 37.6 Å². The Hall–Kier alpha value is -0.870. The molecule has 84 valence electrons. The molecule has 2 rings (SSSR count). The Morgan fingerprint density at radius 2 is 2.33 bits per heavy atom. The SMILES string of the molecule is Cc1nocc1[C@H]1[C@H](N)CCN1C(C)C. The summed E-state index contributed by atoms with van der Waals surface area (Å²) in [6, 6.07) is 0.986. The second-order valence-electron chi connectivity index (χ2n) is 4.58. The van der Waals surface area contributed by atoms with Gasteiger partial charge in [0.15, 0.2) is 0 Å². The highest BCUT2D eigenvalue weighted by molar-refractivity contribution is 5.21. The molecular weight excluding hydrogens is 190 g/mol. The fourth-order valence-electron chi connectivity index (χ4n) is 2.41. The first-order chi connectivity index (χ1) is 7.11. The summed E-state index contributed by atoms with van der Waals surface area (Å²) in [5.74, 6) is 0. The molecule has 0 spiro atoms. The summed E-state index contributed by atoms with van der Waals surface area (Å²) in [6.45, 7) is 7.44. The van der Waals surface area contributed by atoms with Gasteiger partial charge >= 0.3 is 0 Å². The van der Waals surface area contributed by atoms with Crippen molar-refractivity contribution >= 4 is 0 Å². The predicted molar refractivity (Wildman–Crippen MR) is 58.4 cm³/mol. The van der Waals surface area contributed by atoms with Crippen LogP contribution in [-0.4, -0.2) is 28.7 Å². The fourth-order valence-corrected chi connectivity index (χ4v) is 2.41. The Balaban J connectivity index is 2.29. The minimum atomic E-state index is 0.200. The maximum Gasteiger partial charge on any atom is 0.128 e. The standard InChI is InChI=1S/C11H19N3O/c1-7(2)14-5-4-10(12)11(14)9-6-15-13-8(9)3/h6-7,10-11H,4-5,12H2,1-3H3/t10-,11+/m1/s1. The molecular formula is C11H19N3O. The second kappa shape index (κ2) is 3.94. The zero-order valence-electron chi connectivity index (χ0n) is 9.60. The van der Waals surface area contributed by atoms with Crippen molar-refractivity contribution in [3.05, 3.63) is 17.5 Å². The molecule has 1 aromatic heterocycles. The van der Waals surface area contributed by atoms with Gasteiger partial charge in [0.25, 0.3) is 0 Å². The second-order valence-corrected chi connectivity index (χ2v) is 4.58. The van der Waals surface area contributed by atoms with E-state index in [2.05, 4.69) is 23.9 Å². The minimum Gasteiger partial charge on any atom is -0.364 e. The van der Waals surface area contributed by atoms with Crippen LogP contribution in [0.2, 0.25) is 0 Å². The van der Waals surface area contributed by atoms with Crippen molar-refractivity contribution in [1.29, 1.82) is 0 Å². The van der Waals surface area contributed by atoms with Crippen molar-refractivity contribution < 1.29 is 4.52 Å². The van der Waals surface area contributed by atoms with Gasteiger partial charge < -0.3 is 10.3 Å². The molecule has 1 aromatic rings. The average molecular weight is 209 g/mol. The molecule has 0 saturated carbocycles. The summed E-state index contributed by atoms with van der Waals surface area (Å²) in [5, 5.41) is 3.93. The van der Waals surface area contributed by atoms with Gasteiger partial charge in [0, 0.05) is 24.2 Å². The number of rotatable bonds is 2. The predicted octanol–water partition coefficient (Wildman–Crippen LogP) is 1.47. The number of aromatic nitrogens is 1. The highest BCUT2D eigenvalue weighted by Gasteiger charge is 2.36. The normalized spacial score (nSPS) is 27.8. The van der Waals surface area contributed by atoms with Gasteiger partial charge in [-0.1, -0.05) is 5.16 Å². The van der Waals surface area contributed by atoms with E-state index in [1.165, 1.54) is 0 Å². The van der Waals surface area contributed by atoms with Crippen LogP contribution in [0.3, 0.4) is 0 Å². The molecule has 0 amide bonds. The van der Waals surface area contributed by atoms with Gasteiger partial charge in [-0.15, -0.1) is 0 Å². The summed E-state index contributed by atoms with van der Waals surface area (Å²) < 4.78 is 5.00.